The van der Waals surface area contributed by atoms with Gasteiger partial charge in [0.25, 0.3) is 0 Å². The third-order valence-electron chi connectivity index (χ3n) is 2.18. The van der Waals surface area contributed by atoms with E-state index in [0.717, 1.165) is 0 Å². The summed E-state index contributed by atoms with van der Waals surface area (Å²) in [7, 11) is 0. The number of carbonyl (C=O) groups is 1. The Bertz CT molecular complexity index is 473. The van der Waals surface area contributed by atoms with Gasteiger partial charge in [0.1, 0.15) is 0 Å². The predicted octanol–water partition coefficient (Wildman–Crippen LogP) is 3.71. The van der Waals surface area contributed by atoms with E-state index in [1.807, 2.05) is 12.2 Å². The van der Waals surface area contributed by atoms with Gasteiger partial charge in [-0.2, -0.15) is 0 Å². The van der Waals surface area contributed by atoms with Crippen LogP contribution in [0.1, 0.15) is 12.0 Å². The predicted molar refractivity (Wildman–Crippen MR) is 62.0 cm³/mol. The maximum atomic E-state index is 11.6. The lowest BCUT2D eigenvalue weighted by molar-refractivity contribution is -0.113. The third kappa shape index (κ3) is 1.99. The van der Waals surface area contributed by atoms with Gasteiger partial charge in [0.15, 0.2) is 5.78 Å². The zero-order chi connectivity index (χ0) is 10.8. The first-order chi connectivity index (χ1) is 7.20. The molecule has 0 amide bonds. The van der Waals surface area contributed by atoms with Gasteiger partial charge in [-0.1, -0.05) is 53.6 Å². The van der Waals surface area contributed by atoms with Crippen LogP contribution in [0.25, 0.3) is 5.57 Å². The molecule has 0 fully saturated rings. The number of halogens is 2. The van der Waals surface area contributed by atoms with Crippen LogP contribution in [0.4, 0.5) is 0 Å². The van der Waals surface area contributed by atoms with E-state index in [0.29, 0.717) is 27.6 Å². The maximum absolute atomic E-state index is 11.6. The zero-order valence-corrected chi connectivity index (χ0v) is 9.27. The standard InChI is InChI=1S/C12H7Cl2O/c13-10-6-3-5-9(12(10)14)8-4-1-2-7-11(8)15/h1-5H,7H2. The number of hydrogen-bond donors (Lipinski definition) is 0. The van der Waals surface area contributed by atoms with Crippen molar-refractivity contribution in [3.63, 3.8) is 0 Å². The van der Waals surface area contributed by atoms with Crippen molar-refractivity contribution in [3.8, 4) is 0 Å². The molecule has 1 aliphatic rings. The van der Waals surface area contributed by atoms with Crippen molar-refractivity contribution in [2.24, 2.45) is 0 Å². The second kappa shape index (κ2) is 4.21. The van der Waals surface area contributed by atoms with E-state index in [2.05, 4.69) is 6.07 Å². The molecule has 0 aliphatic heterocycles. The Morgan fingerprint density at radius 2 is 2.13 bits per heavy atom. The summed E-state index contributed by atoms with van der Waals surface area (Å²) >= 11 is 11.8. The monoisotopic (exact) mass is 237 g/mol. The van der Waals surface area contributed by atoms with Crippen molar-refractivity contribution in [3.05, 3.63) is 52.0 Å². The molecule has 1 aromatic carbocycles. The highest BCUT2D eigenvalue weighted by molar-refractivity contribution is 6.44. The number of allylic oxidation sites excluding steroid dienone is 4. The van der Waals surface area contributed by atoms with Gasteiger partial charge in [0.05, 0.1) is 10.0 Å². The average Bonchev–Trinajstić information content (AvgIpc) is 2.23. The van der Waals surface area contributed by atoms with Gasteiger partial charge in [-0.15, -0.1) is 0 Å². The van der Waals surface area contributed by atoms with Gasteiger partial charge in [-0.25, -0.2) is 0 Å². The highest BCUT2D eigenvalue weighted by atomic mass is 35.5. The molecule has 75 valence electrons. The second-order valence-corrected chi connectivity index (χ2v) is 3.91. The van der Waals surface area contributed by atoms with Crippen LogP contribution in [0.2, 0.25) is 10.0 Å². The normalized spacial score (nSPS) is 15.3. The zero-order valence-electron chi connectivity index (χ0n) is 7.76. The highest BCUT2D eigenvalue weighted by Gasteiger charge is 2.16. The molecule has 0 saturated carbocycles. The maximum Gasteiger partial charge on any atom is 0.167 e. The lowest BCUT2D eigenvalue weighted by Gasteiger charge is -2.10. The minimum atomic E-state index is 0.0571. The molecule has 0 N–H and O–H groups in total. The smallest absolute Gasteiger partial charge is 0.167 e. The van der Waals surface area contributed by atoms with Crippen molar-refractivity contribution in [1.82, 2.24) is 0 Å². The van der Waals surface area contributed by atoms with Crippen LogP contribution >= 0.6 is 23.2 Å². The van der Waals surface area contributed by atoms with Gasteiger partial charge >= 0.3 is 0 Å². The fourth-order valence-corrected chi connectivity index (χ4v) is 1.83. The first-order valence-corrected chi connectivity index (χ1v) is 5.22. The summed E-state index contributed by atoms with van der Waals surface area (Å²) in [4.78, 5) is 11.6. The summed E-state index contributed by atoms with van der Waals surface area (Å²) in [5.74, 6) is 0.0571. The Morgan fingerprint density at radius 1 is 1.33 bits per heavy atom. The van der Waals surface area contributed by atoms with Gasteiger partial charge in [0, 0.05) is 23.6 Å². The number of rotatable bonds is 1. The van der Waals surface area contributed by atoms with Crippen LogP contribution in [0, 0.1) is 6.07 Å². The Morgan fingerprint density at radius 3 is 2.87 bits per heavy atom. The van der Waals surface area contributed by atoms with E-state index in [-0.39, 0.29) is 5.78 Å². The van der Waals surface area contributed by atoms with E-state index in [4.69, 9.17) is 23.2 Å². The van der Waals surface area contributed by atoms with E-state index in [9.17, 15) is 4.79 Å². The number of ketones is 1. The first kappa shape index (κ1) is 10.5. The molecule has 0 unspecified atom stereocenters. The Kier molecular flexibility index (Phi) is 2.94. The Hall–Kier alpha value is -1.05. The summed E-state index contributed by atoms with van der Waals surface area (Å²) < 4.78 is 0. The lowest BCUT2D eigenvalue weighted by Crippen LogP contribution is -2.03. The molecule has 1 radical (unpaired) electrons. The molecule has 2 rings (SSSR count). The molecule has 1 nitrogen and oxygen atoms in total. The van der Waals surface area contributed by atoms with Crippen LogP contribution < -0.4 is 0 Å². The topological polar surface area (TPSA) is 17.1 Å². The molecule has 1 aromatic rings. The highest BCUT2D eigenvalue weighted by Crippen LogP contribution is 2.32. The fourth-order valence-electron chi connectivity index (χ4n) is 1.44. The minimum absolute atomic E-state index is 0.0571. The van der Waals surface area contributed by atoms with Gasteiger partial charge in [0.2, 0.25) is 0 Å². The summed E-state index contributed by atoms with van der Waals surface area (Å²) in [6.07, 6.45) is 5.83. The third-order valence-corrected chi connectivity index (χ3v) is 2.97. The van der Waals surface area contributed by atoms with Gasteiger partial charge in [-0.3, -0.25) is 4.79 Å². The van der Waals surface area contributed by atoms with E-state index >= 15 is 0 Å². The summed E-state index contributed by atoms with van der Waals surface area (Å²) in [6, 6.07) is 6.18. The molecule has 0 aromatic heterocycles. The molecule has 0 heterocycles. The van der Waals surface area contributed by atoms with Crippen LogP contribution in [0.3, 0.4) is 0 Å². The van der Waals surface area contributed by atoms with Crippen molar-refractivity contribution in [2.45, 2.75) is 6.42 Å². The number of Topliss-reactive ketones (excluding diaryl/α,β-unsaturated/α-hetero) is 1. The molecule has 3 heteroatoms. The van der Waals surface area contributed by atoms with E-state index in [1.165, 1.54) is 0 Å². The number of carbonyl (C=O) groups excluding carboxylic acids is 1. The van der Waals surface area contributed by atoms with Crippen LogP contribution in [-0.2, 0) is 4.79 Å². The molecule has 15 heavy (non-hydrogen) atoms. The lowest BCUT2D eigenvalue weighted by atomic mass is 9.96. The Balaban J connectivity index is 2.54. The summed E-state index contributed by atoms with van der Waals surface area (Å²) in [5.41, 5.74) is 1.29. The molecule has 1 aliphatic carbocycles. The molecule has 0 spiro atoms. The largest absolute Gasteiger partial charge is 0.294 e. The van der Waals surface area contributed by atoms with E-state index in [1.54, 1.807) is 18.2 Å². The SMILES string of the molecule is O=C1CC=CC=C1c1cc[c]c(Cl)c1Cl. The van der Waals surface area contributed by atoms with Crippen molar-refractivity contribution in [2.75, 3.05) is 0 Å². The first-order valence-electron chi connectivity index (χ1n) is 4.46. The molecule has 0 atom stereocenters. The van der Waals surface area contributed by atoms with Crippen LogP contribution in [0.15, 0.2) is 30.4 Å². The van der Waals surface area contributed by atoms with Crippen molar-refractivity contribution in [1.29, 1.82) is 0 Å². The number of hydrogen-bond acceptors (Lipinski definition) is 1. The van der Waals surface area contributed by atoms with Crippen LogP contribution in [-0.4, -0.2) is 5.78 Å². The minimum Gasteiger partial charge on any atom is -0.294 e. The summed E-state index contributed by atoms with van der Waals surface area (Å²) in [5, 5.41) is 0.728. The van der Waals surface area contributed by atoms with E-state index < -0.39 is 0 Å². The summed E-state index contributed by atoms with van der Waals surface area (Å²) in [6.45, 7) is 0. The van der Waals surface area contributed by atoms with Gasteiger partial charge in [-0.05, 0) is 0 Å². The van der Waals surface area contributed by atoms with Crippen LogP contribution in [0.5, 0.6) is 0 Å². The van der Waals surface area contributed by atoms with Gasteiger partial charge < -0.3 is 0 Å². The quantitative estimate of drug-likeness (QED) is 0.728. The molecule has 0 bridgehead atoms. The average molecular weight is 238 g/mol. The molecular formula is C12H7Cl2O. The Labute approximate surface area is 98.0 Å². The molecule has 0 saturated heterocycles. The molecular weight excluding hydrogens is 231 g/mol. The van der Waals surface area contributed by atoms with Crippen molar-refractivity contribution >= 4 is 34.6 Å². The van der Waals surface area contributed by atoms with Crippen molar-refractivity contribution < 1.29 is 4.79 Å². The fraction of sp³-hybridized carbons (Fsp3) is 0.0833. The second-order valence-electron chi connectivity index (χ2n) is 3.16. The number of benzene rings is 1.